The molecular weight excluding hydrogens is 645 g/mol. The third-order valence-corrected chi connectivity index (χ3v) is 9.13. The van der Waals surface area contributed by atoms with Gasteiger partial charge in [0, 0.05) is 12.8 Å². The molecule has 7 unspecified atom stereocenters. The molecule has 2 aliphatic heterocycles. The highest BCUT2D eigenvalue weighted by Gasteiger charge is 2.46. The molecule has 0 radical (unpaired) electrons. The lowest BCUT2D eigenvalue weighted by molar-refractivity contribution is -0.499. The molecule has 0 saturated carbocycles. The molecule has 248 valence electrons. The topological polar surface area (TPSA) is 323 Å². The van der Waals surface area contributed by atoms with Crippen LogP contribution in [0.5, 0.6) is 0 Å². The van der Waals surface area contributed by atoms with Crippen molar-refractivity contribution in [2.45, 2.75) is 49.7 Å². The number of H-pyrrole nitrogens is 2. The molecule has 7 atom stereocenters. The number of rotatable bonds is 10. The van der Waals surface area contributed by atoms with Gasteiger partial charge in [-0.15, -0.1) is 11.9 Å². The molecule has 2 fully saturated rings. The molecule has 47 heavy (non-hydrogen) atoms. The Morgan fingerprint density at radius 3 is 2.02 bits per heavy atom. The first-order chi connectivity index (χ1) is 22.4. The van der Waals surface area contributed by atoms with Gasteiger partial charge in [0.05, 0.1) is 19.3 Å². The predicted octanol–water partition coefficient (Wildman–Crippen LogP) is -5.54. The molecule has 9 N–H and O–H groups in total. The summed E-state index contributed by atoms with van der Waals surface area (Å²) in [6, 6.07) is 0. The number of aliphatic hydroxyl groups is 2. The largest absolute Gasteiger partial charge is 0.472 e. The molecule has 2 aliphatic rings. The van der Waals surface area contributed by atoms with Crippen molar-refractivity contribution >= 4 is 56.9 Å². The minimum Gasteiger partial charge on any atom is -0.414 e. The summed E-state index contributed by atoms with van der Waals surface area (Å²) >= 11 is 0. The van der Waals surface area contributed by atoms with Gasteiger partial charge >= 0.3 is 7.82 Å². The fourth-order valence-electron chi connectivity index (χ4n) is 6.07. The Bertz CT molecular complexity index is 2110. The minimum absolute atomic E-state index is 0.0132. The number of anilines is 2. The second kappa shape index (κ2) is 12.5. The van der Waals surface area contributed by atoms with Gasteiger partial charge in [0.2, 0.25) is 48.0 Å². The van der Waals surface area contributed by atoms with E-state index < -0.39 is 83.9 Å². The summed E-state index contributed by atoms with van der Waals surface area (Å²) in [5.41, 5.74) is 10.8. The quantitative estimate of drug-likeness (QED) is 0.0609. The van der Waals surface area contributed by atoms with E-state index in [-0.39, 0.29) is 47.1 Å². The Kier molecular flexibility index (Phi) is 8.61. The number of ether oxygens (including phenoxy) is 2. The Hall–Kier alpha value is -4.64. The molecule has 0 amide bonds. The van der Waals surface area contributed by atoms with Gasteiger partial charge in [-0.1, -0.05) is 0 Å². The lowest BCUT2D eigenvalue weighted by atomic mass is 9.98. The van der Waals surface area contributed by atoms with E-state index >= 15 is 0 Å². The number of nitrogens with zero attached hydrogens (tertiary/aromatic N) is 8. The summed E-state index contributed by atoms with van der Waals surface area (Å²) in [5, 5.41) is 39.1. The second-order valence-electron chi connectivity index (χ2n) is 11.3. The van der Waals surface area contributed by atoms with Crippen LogP contribution in [0.3, 0.4) is 0 Å². The number of aromatic amines is 2. The van der Waals surface area contributed by atoms with Gasteiger partial charge in [-0.25, -0.2) is 15.1 Å². The maximum atomic E-state index is 13.0. The van der Waals surface area contributed by atoms with E-state index in [0.29, 0.717) is 0 Å². The first kappa shape index (κ1) is 32.3. The van der Waals surface area contributed by atoms with Gasteiger partial charge in [0.1, 0.15) is 18.3 Å². The highest BCUT2D eigenvalue weighted by molar-refractivity contribution is 7.47. The number of imidazole rings is 2. The highest BCUT2D eigenvalue weighted by atomic mass is 31.2. The molecule has 0 bridgehead atoms. The van der Waals surface area contributed by atoms with Crippen molar-refractivity contribution in [1.82, 2.24) is 29.1 Å². The van der Waals surface area contributed by atoms with Crippen LogP contribution in [0, 0.1) is 22.5 Å². The lowest BCUT2D eigenvalue weighted by Crippen LogP contribution is -2.41. The normalized spacial score (nSPS) is 25.6. The Morgan fingerprint density at radius 2 is 1.51 bits per heavy atom. The smallest absolute Gasteiger partial charge is 0.414 e. The number of aromatic nitrogens is 8. The second-order valence-corrected chi connectivity index (χ2v) is 12.7. The van der Waals surface area contributed by atoms with Gasteiger partial charge in [-0.3, -0.25) is 28.6 Å². The summed E-state index contributed by atoms with van der Waals surface area (Å²) in [6.07, 6.45) is -3.53. The monoisotopic (exact) mass is 674 g/mol. The first-order valence-electron chi connectivity index (χ1n) is 14.6. The van der Waals surface area contributed by atoms with Crippen molar-refractivity contribution in [3.05, 3.63) is 33.4 Å². The van der Waals surface area contributed by atoms with Crippen LogP contribution in [-0.4, -0.2) is 96.6 Å². The molecule has 25 heteroatoms. The van der Waals surface area contributed by atoms with Gasteiger partial charge in [0.25, 0.3) is 37.2 Å². The Morgan fingerprint density at radius 1 is 1.00 bits per heavy atom. The first-order valence-corrected chi connectivity index (χ1v) is 16.1. The zero-order chi connectivity index (χ0) is 33.6. The van der Waals surface area contributed by atoms with E-state index in [1.54, 1.807) is 0 Å². The van der Waals surface area contributed by atoms with Crippen molar-refractivity contribution < 1.29 is 47.1 Å². The average Bonchev–Trinajstić information content (AvgIpc) is 3.75. The highest BCUT2D eigenvalue weighted by Crippen LogP contribution is 2.49. The summed E-state index contributed by atoms with van der Waals surface area (Å²) in [4.78, 5) is 48.7. The third kappa shape index (κ3) is 6.12. The summed E-state index contributed by atoms with van der Waals surface area (Å²) < 4.78 is 41.2. The molecule has 22 nitrogen and oxygen atoms in total. The van der Waals surface area contributed by atoms with E-state index in [2.05, 4.69) is 31.9 Å². The maximum Gasteiger partial charge on any atom is 0.472 e. The molecule has 0 aromatic carbocycles. The fraction of sp³-hybridized carbons (Fsp3) is 0.455. The summed E-state index contributed by atoms with van der Waals surface area (Å²) in [7, 11) is -7.73. The van der Waals surface area contributed by atoms with Crippen LogP contribution < -0.4 is 31.5 Å². The van der Waals surface area contributed by atoms with Crippen LogP contribution in [0.1, 0.15) is 25.3 Å². The number of aliphatic hydroxyl groups excluding tert-OH is 2. The minimum atomic E-state index is -4.85. The van der Waals surface area contributed by atoms with E-state index in [0.717, 1.165) is 0 Å². The van der Waals surface area contributed by atoms with Crippen LogP contribution in [0.25, 0.3) is 22.3 Å². The number of nitrogens with two attached hydrogens (primary N) is 2. The Labute approximate surface area is 263 Å². The standard InChI is InChI=1S/C22H29B2N12O10P/c25-5-23-35-7-33(17-15(35)19(39)31-21(27)29-17)13-1-9(38)12(45-13)4-43-47(41,42)46-10-2-14(44-11(10)3-37)34-8-36(24-6-26)16-18(34)30-22(28)32-20(16)40/h7-14,37-38H,1-4,23-24H2,(H,41,42)(H3,27,29,31,39)(H3,28,30,32,40). The van der Waals surface area contributed by atoms with Gasteiger partial charge in [-0.2, -0.15) is 19.1 Å². The number of phosphoric acid groups is 1. The average molecular weight is 674 g/mol. The van der Waals surface area contributed by atoms with Crippen LogP contribution in [0.15, 0.2) is 22.2 Å². The predicted molar refractivity (Wildman–Crippen MR) is 160 cm³/mol. The zero-order valence-corrected chi connectivity index (χ0v) is 25.7. The third-order valence-electron chi connectivity index (χ3n) is 8.12. The number of nitrogens with one attached hydrogen (secondary N) is 2. The number of hydrogen-bond donors (Lipinski definition) is 7. The fourth-order valence-corrected chi connectivity index (χ4v) is 7.03. The van der Waals surface area contributed by atoms with Crippen molar-refractivity contribution in [2.24, 2.45) is 0 Å². The zero-order valence-electron chi connectivity index (χ0n) is 24.8. The van der Waals surface area contributed by atoms with Gasteiger partial charge in [0.15, 0.2) is 0 Å². The van der Waals surface area contributed by atoms with Crippen LogP contribution in [0.2, 0.25) is 0 Å². The number of nitrogen functional groups attached to an aromatic ring is 2. The SMILES string of the molecule is N#C[BH2-][n+]1cn(C2CC(O)C(COP(=O)(O)OC3CC(n4c[n+]([BH2-]C#N)c5c(=O)[nH]c(N)nc54)OC3CO)O2)c2nc(N)[nH]c(=O)c21. The molecular formula is C22H29B2N12O10P. The Balaban J connectivity index is 1.15. The van der Waals surface area contributed by atoms with Gasteiger partial charge < -0.3 is 45.0 Å². The van der Waals surface area contributed by atoms with Crippen LogP contribution in [0.4, 0.5) is 11.9 Å². The van der Waals surface area contributed by atoms with E-state index in [1.807, 2.05) is 0 Å². The number of nitriles is 2. The van der Waals surface area contributed by atoms with E-state index in [4.69, 9.17) is 30.0 Å². The molecule has 6 heterocycles. The van der Waals surface area contributed by atoms with Gasteiger partial charge in [-0.05, 0) is 0 Å². The van der Waals surface area contributed by atoms with Crippen molar-refractivity contribution in [3.8, 4) is 11.9 Å². The molecule has 6 rings (SSSR count). The van der Waals surface area contributed by atoms with Crippen LogP contribution >= 0.6 is 7.82 Å². The molecule has 0 aliphatic carbocycles. The molecule has 2 saturated heterocycles. The van der Waals surface area contributed by atoms with E-state index in [9.17, 15) is 39.8 Å². The lowest BCUT2D eigenvalue weighted by Gasteiger charge is -2.21. The molecule has 4 aromatic heterocycles. The van der Waals surface area contributed by atoms with Crippen molar-refractivity contribution in [2.75, 3.05) is 24.7 Å². The van der Waals surface area contributed by atoms with E-state index in [1.165, 1.54) is 30.7 Å². The summed E-state index contributed by atoms with van der Waals surface area (Å²) in [5.74, 6) is 3.79. The molecule has 4 aromatic rings. The number of fused-ring (bicyclic) bond motifs is 2. The number of hydrogen-bond acceptors (Lipinski definition) is 15. The maximum absolute atomic E-state index is 13.0. The molecule has 0 spiro atoms. The summed E-state index contributed by atoms with van der Waals surface area (Å²) in [6.45, 7) is -1.19. The van der Waals surface area contributed by atoms with Crippen LogP contribution in [-0.2, 0) is 23.1 Å². The van der Waals surface area contributed by atoms with Crippen molar-refractivity contribution in [1.29, 1.82) is 10.5 Å². The number of phosphoric ester groups is 1. The van der Waals surface area contributed by atoms with Crippen molar-refractivity contribution in [3.63, 3.8) is 0 Å².